The van der Waals surface area contributed by atoms with E-state index in [2.05, 4.69) is 221 Å². The summed E-state index contributed by atoms with van der Waals surface area (Å²) in [5.41, 5.74) is 14.3. The maximum Gasteiger partial charge on any atom is 0.225 e. The third kappa shape index (κ3) is 6.82. The van der Waals surface area contributed by atoms with E-state index in [9.17, 15) is 0 Å². The van der Waals surface area contributed by atoms with E-state index in [0.29, 0.717) is 26.6 Å². The Morgan fingerprint density at radius 2 is 1.30 bits per heavy atom. The summed E-state index contributed by atoms with van der Waals surface area (Å²) in [5, 5.41) is 2.25. The molecule has 1 saturated heterocycles. The van der Waals surface area contributed by atoms with Gasteiger partial charge in [0.25, 0.3) is 0 Å². The van der Waals surface area contributed by atoms with Gasteiger partial charge in [0, 0.05) is 68.5 Å². The van der Waals surface area contributed by atoms with Crippen molar-refractivity contribution in [3.05, 3.63) is 175 Å². The summed E-state index contributed by atoms with van der Waals surface area (Å²) in [6.45, 7) is 27.5. The van der Waals surface area contributed by atoms with Crippen molar-refractivity contribution in [1.82, 2.24) is 18.7 Å². The Morgan fingerprint density at radius 3 is 2.05 bits per heavy atom. The fourth-order valence-electron chi connectivity index (χ4n) is 9.61. The molecule has 2 aliphatic rings. The molecule has 322 valence electrons. The topological polar surface area (TPSA) is 27.1 Å². The Labute approximate surface area is 388 Å². The number of rotatable bonds is 7. The van der Waals surface area contributed by atoms with Crippen molar-refractivity contribution in [2.75, 3.05) is 0 Å². The number of benzene rings is 6. The van der Waals surface area contributed by atoms with Crippen molar-refractivity contribution in [3.8, 4) is 28.4 Å². The number of fused-ring (bicyclic) bond motifs is 7. The Hall–Kier alpha value is -5.32. The molecule has 0 spiro atoms. The molecule has 63 heavy (non-hydrogen) atoms. The summed E-state index contributed by atoms with van der Waals surface area (Å²) < 4.78 is 10.4. The van der Waals surface area contributed by atoms with Crippen molar-refractivity contribution in [2.45, 2.75) is 98.3 Å². The van der Waals surface area contributed by atoms with Gasteiger partial charge in [0.2, 0.25) is 11.4 Å². The van der Waals surface area contributed by atoms with Crippen LogP contribution in [0.2, 0.25) is 0 Å². The SMILES string of the molecule is CC(C)c1ccccc1-c1cc(Oc2[c-]c3c(cc2)c2ccccc2n3-c2cc(C(C)(C)C)ccn2)[c-]c([N+]23[CH-][N@+]2(c2cccc(C(C)(C)C)c2)c2cc(C(C)(C)C)ccc23)c1.[Pt]. The first-order chi connectivity index (χ1) is 29.4. The second-order valence-corrected chi connectivity index (χ2v) is 20.8. The van der Waals surface area contributed by atoms with Gasteiger partial charge in [0.05, 0.1) is 5.69 Å². The zero-order valence-corrected chi connectivity index (χ0v) is 40.6. The predicted octanol–water partition coefficient (Wildman–Crippen LogP) is 15.6. The van der Waals surface area contributed by atoms with Crippen LogP contribution in [0.5, 0.6) is 11.5 Å². The molecular weight excluding hydrogens is 952 g/mol. The normalized spacial score (nSPS) is 18.2. The molecule has 0 N–H and O–H groups in total. The second kappa shape index (κ2) is 14.9. The first-order valence-corrected chi connectivity index (χ1v) is 22.1. The van der Waals surface area contributed by atoms with Gasteiger partial charge in [0.1, 0.15) is 5.82 Å². The van der Waals surface area contributed by atoms with E-state index in [1.165, 1.54) is 44.9 Å². The molecule has 1 unspecified atom stereocenters. The van der Waals surface area contributed by atoms with Crippen molar-refractivity contribution >= 4 is 44.6 Å². The minimum atomic E-state index is -0.0281. The van der Waals surface area contributed by atoms with Crippen LogP contribution in [0.1, 0.15) is 104 Å². The molecule has 2 atom stereocenters. The van der Waals surface area contributed by atoms with Crippen LogP contribution in [0.3, 0.4) is 0 Å². The van der Waals surface area contributed by atoms with Gasteiger partial charge in [-0.15, -0.1) is 29.1 Å². The third-order valence-corrected chi connectivity index (χ3v) is 13.2. The molecule has 0 bridgehead atoms. The average Bonchev–Trinajstić information content (AvgIpc) is 3.73. The molecule has 6 heteroatoms. The van der Waals surface area contributed by atoms with Gasteiger partial charge in [-0.1, -0.05) is 154 Å². The third-order valence-electron chi connectivity index (χ3n) is 13.2. The molecule has 1 fully saturated rings. The molecule has 0 radical (unpaired) electrons. The van der Waals surface area contributed by atoms with E-state index in [-0.39, 0.29) is 37.3 Å². The first kappa shape index (κ1) is 43.0. The molecular formula is C57H57N4OPt-. The molecule has 8 aromatic rings. The van der Waals surface area contributed by atoms with Crippen molar-refractivity contribution < 1.29 is 25.8 Å². The van der Waals surface area contributed by atoms with Crippen LogP contribution in [-0.2, 0) is 37.3 Å². The average molecular weight is 1010 g/mol. The smallest absolute Gasteiger partial charge is 0.225 e. The molecule has 0 saturated carbocycles. The summed E-state index contributed by atoms with van der Waals surface area (Å²) in [7, 11) is 0. The van der Waals surface area contributed by atoms with Crippen molar-refractivity contribution in [1.29, 1.82) is 0 Å². The maximum atomic E-state index is 7.02. The van der Waals surface area contributed by atoms with Crippen molar-refractivity contribution in [3.63, 3.8) is 0 Å². The molecule has 2 aliphatic heterocycles. The number of hydrogen-bond acceptors (Lipinski definition) is 2. The molecule has 2 aromatic heterocycles. The number of hydrogen-bond donors (Lipinski definition) is 0. The van der Waals surface area contributed by atoms with Gasteiger partial charge in [-0.3, -0.25) is 0 Å². The summed E-state index contributed by atoms with van der Waals surface area (Å²) in [5.74, 6) is 2.47. The quantitative estimate of drug-likeness (QED) is 0.0904. The fourth-order valence-corrected chi connectivity index (χ4v) is 9.61. The Bertz CT molecular complexity index is 3090. The molecule has 6 aromatic carbocycles. The van der Waals surface area contributed by atoms with Gasteiger partial charge in [-0.2, -0.15) is 10.7 Å². The minimum absolute atomic E-state index is 0. The summed E-state index contributed by atoms with van der Waals surface area (Å²) in [4.78, 5) is 4.91. The Morgan fingerprint density at radius 1 is 0.603 bits per heavy atom. The first-order valence-electron chi connectivity index (χ1n) is 22.1. The molecule has 10 rings (SSSR count). The van der Waals surface area contributed by atoms with E-state index in [1.807, 2.05) is 12.3 Å². The number of ether oxygens (including phenoxy) is 1. The summed E-state index contributed by atoms with van der Waals surface area (Å²) in [6, 6.07) is 54.2. The van der Waals surface area contributed by atoms with E-state index in [4.69, 9.17) is 9.72 Å². The van der Waals surface area contributed by atoms with E-state index in [1.54, 1.807) is 0 Å². The van der Waals surface area contributed by atoms with Gasteiger partial charge < -0.3 is 9.30 Å². The number of aromatic nitrogens is 2. The number of quaternary nitrogens is 2. The van der Waals surface area contributed by atoms with Crippen LogP contribution in [0.25, 0.3) is 38.8 Å². The number of nitrogens with zero attached hydrogens (tertiary/aromatic N) is 4. The maximum absolute atomic E-state index is 7.02. The molecule has 5 nitrogen and oxygen atoms in total. The van der Waals surface area contributed by atoms with Gasteiger partial charge in [-0.25, -0.2) is 9.58 Å². The van der Waals surface area contributed by atoms with Crippen LogP contribution in [0.4, 0.5) is 22.7 Å². The van der Waals surface area contributed by atoms with Crippen LogP contribution in [-0.4, -0.2) is 9.55 Å². The monoisotopic (exact) mass is 1010 g/mol. The second-order valence-electron chi connectivity index (χ2n) is 20.8. The fraction of sp³-hybridized carbons (Fsp3) is 0.263. The Balaban J connectivity index is 0.00000504. The van der Waals surface area contributed by atoms with Gasteiger partial charge >= 0.3 is 0 Å². The van der Waals surface area contributed by atoms with Gasteiger partial charge in [0.15, 0.2) is 12.4 Å². The predicted molar refractivity (Wildman–Crippen MR) is 258 cm³/mol. The number of para-hydroxylation sites is 1. The van der Waals surface area contributed by atoms with Crippen LogP contribution in [0, 0.1) is 18.8 Å². The molecule has 0 amide bonds. The zero-order valence-electron chi connectivity index (χ0n) is 38.4. The van der Waals surface area contributed by atoms with E-state index in [0.717, 1.165) is 38.9 Å². The standard InChI is InChI=1S/C57H57N4O.Pt/c1-37(2)46-19-12-13-20-47(46)38-29-43(61-36-60(61,42-18-16-17-39(31-42)55(3,4)5)53-32-40(56(6,7)8)23-26-52(53)61)34-45(30-38)62-44-24-25-49-48-21-14-15-22-50(48)59(51(49)35-44)54-33-41(27-28-58-54)57(9,10)11;/h12-33,36-37H,1-11H3;/q-1;/t60-,61?;/m0./s1. The zero-order chi connectivity index (χ0) is 43.6. The van der Waals surface area contributed by atoms with E-state index >= 15 is 0 Å². The Kier molecular flexibility index (Phi) is 10.1. The molecule has 0 aliphatic carbocycles. The largest absolute Gasteiger partial charge is 0.509 e. The minimum Gasteiger partial charge on any atom is -0.509 e. The summed E-state index contributed by atoms with van der Waals surface area (Å²) in [6.07, 6.45) is 1.92. The van der Waals surface area contributed by atoms with Crippen LogP contribution in [0.15, 0.2) is 134 Å². The van der Waals surface area contributed by atoms with Crippen LogP contribution < -0.4 is 13.9 Å². The number of pyridine rings is 1. The van der Waals surface area contributed by atoms with Crippen LogP contribution >= 0.6 is 0 Å². The van der Waals surface area contributed by atoms with Gasteiger partial charge in [-0.05, 0) is 73.6 Å². The molecule has 4 heterocycles. The summed E-state index contributed by atoms with van der Waals surface area (Å²) >= 11 is 0. The van der Waals surface area contributed by atoms with E-state index < -0.39 is 0 Å². The van der Waals surface area contributed by atoms with Crippen molar-refractivity contribution in [2.24, 2.45) is 0 Å².